The van der Waals surface area contributed by atoms with E-state index in [0.29, 0.717) is 26.4 Å². The second-order valence-corrected chi connectivity index (χ2v) is 5.12. The van der Waals surface area contributed by atoms with Gasteiger partial charge in [0.25, 0.3) is 0 Å². The number of hydrogen-bond donors (Lipinski definition) is 0. The molecule has 0 bridgehead atoms. The van der Waals surface area contributed by atoms with E-state index in [-0.39, 0.29) is 12.6 Å². The summed E-state index contributed by atoms with van der Waals surface area (Å²) >= 11 is 0. The first-order valence-electron chi connectivity index (χ1n) is 7.44. The van der Waals surface area contributed by atoms with Gasteiger partial charge in [-0.1, -0.05) is 60.7 Å². The second kappa shape index (κ2) is 8.06. The third-order valence-electron chi connectivity index (χ3n) is 3.39. The largest absolute Gasteiger partial charge is 0.346 e. The summed E-state index contributed by atoms with van der Waals surface area (Å²) in [5.74, 6) is 0. The van der Waals surface area contributed by atoms with Crippen LogP contribution in [-0.4, -0.2) is 25.8 Å². The highest BCUT2D eigenvalue weighted by Crippen LogP contribution is 2.13. The van der Waals surface area contributed by atoms with Gasteiger partial charge in [0.05, 0.1) is 13.2 Å². The molecule has 1 saturated heterocycles. The minimum atomic E-state index is -0.336. The lowest BCUT2D eigenvalue weighted by Crippen LogP contribution is -2.38. The van der Waals surface area contributed by atoms with Crippen molar-refractivity contribution in [1.82, 2.24) is 0 Å². The Hall–Kier alpha value is -1.72. The Labute approximate surface area is 130 Å². The van der Waals surface area contributed by atoms with Crippen LogP contribution in [0.25, 0.3) is 0 Å². The Balaban J connectivity index is 1.35. The van der Waals surface area contributed by atoms with E-state index >= 15 is 0 Å². The molecule has 1 heterocycles. The van der Waals surface area contributed by atoms with Crippen molar-refractivity contribution in [3.63, 3.8) is 0 Å². The lowest BCUT2D eigenvalue weighted by molar-refractivity contribution is -0.294. The van der Waals surface area contributed by atoms with E-state index in [0.717, 1.165) is 11.1 Å². The van der Waals surface area contributed by atoms with Crippen LogP contribution < -0.4 is 0 Å². The predicted molar refractivity (Wildman–Crippen MR) is 81.9 cm³/mol. The molecule has 1 aliphatic heterocycles. The maximum atomic E-state index is 5.68. The highest BCUT2D eigenvalue weighted by Gasteiger charge is 2.23. The molecule has 0 saturated carbocycles. The van der Waals surface area contributed by atoms with Gasteiger partial charge < -0.3 is 18.9 Å². The Morgan fingerprint density at radius 2 is 1.09 bits per heavy atom. The SMILES string of the molecule is c1ccc(COC2COC(OCc3ccccc3)CO2)cc1. The van der Waals surface area contributed by atoms with Gasteiger partial charge in [0.1, 0.15) is 13.2 Å². The molecule has 3 rings (SSSR count). The molecule has 0 amide bonds. The molecule has 2 aromatic rings. The minimum absolute atomic E-state index is 0.336. The highest BCUT2D eigenvalue weighted by atomic mass is 16.8. The van der Waals surface area contributed by atoms with Gasteiger partial charge in [0, 0.05) is 0 Å². The van der Waals surface area contributed by atoms with Gasteiger partial charge in [0.2, 0.25) is 0 Å². The fourth-order valence-corrected chi connectivity index (χ4v) is 2.19. The normalized spacial score (nSPS) is 21.6. The third kappa shape index (κ3) is 4.64. The summed E-state index contributed by atoms with van der Waals surface area (Å²) in [5.41, 5.74) is 2.24. The topological polar surface area (TPSA) is 36.9 Å². The Morgan fingerprint density at radius 3 is 1.45 bits per heavy atom. The molecule has 4 heteroatoms. The number of rotatable bonds is 6. The molecule has 4 nitrogen and oxygen atoms in total. The van der Waals surface area contributed by atoms with E-state index in [9.17, 15) is 0 Å². The van der Waals surface area contributed by atoms with Crippen molar-refractivity contribution in [2.45, 2.75) is 25.8 Å². The molecule has 0 spiro atoms. The summed E-state index contributed by atoms with van der Waals surface area (Å²) < 4.78 is 22.6. The summed E-state index contributed by atoms with van der Waals surface area (Å²) in [7, 11) is 0. The standard InChI is InChI=1S/C18H20O4/c1-3-7-15(8-4-1)11-19-17-13-22-18(14-21-17)20-12-16-9-5-2-6-10-16/h1-10,17-18H,11-14H2. The molecule has 2 aromatic carbocycles. The van der Waals surface area contributed by atoms with Crippen LogP contribution in [0.2, 0.25) is 0 Å². The number of benzene rings is 2. The predicted octanol–water partition coefficient (Wildman–Crippen LogP) is 3.12. The first kappa shape index (κ1) is 15.2. The van der Waals surface area contributed by atoms with Gasteiger partial charge in [0.15, 0.2) is 12.6 Å². The summed E-state index contributed by atoms with van der Waals surface area (Å²) in [6.07, 6.45) is -0.673. The molecule has 0 aliphatic carbocycles. The molecular weight excluding hydrogens is 280 g/mol. The fraction of sp³-hybridized carbons (Fsp3) is 0.333. The summed E-state index contributed by atoms with van der Waals surface area (Å²) in [6.45, 7) is 1.80. The highest BCUT2D eigenvalue weighted by molar-refractivity contribution is 5.14. The Bertz CT molecular complexity index is 484. The monoisotopic (exact) mass is 300 g/mol. The zero-order valence-corrected chi connectivity index (χ0v) is 12.4. The van der Waals surface area contributed by atoms with E-state index in [1.165, 1.54) is 0 Å². The molecule has 2 unspecified atom stereocenters. The van der Waals surface area contributed by atoms with Gasteiger partial charge in [-0.25, -0.2) is 0 Å². The van der Waals surface area contributed by atoms with Gasteiger partial charge in [-0.15, -0.1) is 0 Å². The Morgan fingerprint density at radius 1 is 0.682 bits per heavy atom. The van der Waals surface area contributed by atoms with E-state index in [4.69, 9.17) is 18.9 Å². The van der Waals surface area contributed by atoms with Crippen molar-refractivity contribution < 1.29 is 18.9 Å². The van der Waals surface area contributed by atoms with Crippen molar-refractivity contribution in [1.29, 1.82) is 0 Å². The molecule has 2 atom stereocenters. The molecule has 1 fully saturated rings. The van der Waals surface area contributed by atoms with Crippen molar-refractivity contribution in [3.8, 4) is 0 Å². The van der Waals surface area contributed by atoms with Crippen LogP contribution in [0.4, 0.5) is 0 Å². The van der Waals surface area contributed by atoms with E-state index in [1.807, 2.05) is 60.7 Å². The lowest BCUT2D eigenvalue weighted by atomic mass is 10.2. The van der Waals surface area contributed by atoms with E-state index in [2.05, 4.69) is 0 Å². The maximum Gasteiger partial charge on any atom is 0.181 e. The summed E-state index contributed by atoms with van der Waals surface area (Å²) in [6, 6.07) is 20.0. The van der Waals surface area contributed by atoms with Crippen LogP contribution in [0.3, 0.4) is 0 Å². The van der Waals surface area contributed by atoms with Crippen molar-refractivity contribution in [2.75, 3.05) is 13.2 Å². The molecule has 116 valence electrons. The van der Waals surface area contributed by atoms with Crippen LogP contribution in [-0.2, 0) is 32.2 Å². The van der Waals surface area contributed by atoms with Crippen molar-refractivity contribution >= 4 is 0 Å². The van der Waals surface area contributed by atoms with Crippen LogP contribution in [0.5, 0.6) is 0 Å². The minimum Gasteiger partial charge on any atom is -0.346 e. The molecule has 22 heavy (non-hydrogen) atoms. The third-order valence-corrected chi connectivity index (χ3v) is 3.39. The van der Waals surface area contributed by atoms with Crippen LogP contribution in [0, 0.1) is 0 Å². The van der Waals surface area contributed by atoms with Gasteiger partial charge >= 0.3 is 0 Å². The molecule has 0 radical (unpaired) electrons. The first-order valence-corrected chi connectivity index (χ1v) is 7.44. The molecular formula is C18H20O4. The average Bonchev–Trinajstić information content (AvgIpc) is 2.61. The molecule has 0 N–H and O–H groups in total. The van der Waals surface area contributed by atoms with Gasteiger partial charge in [-0.05, 0) is 11.1 Å². The maximum absolute atomic E-state index is 5.68. The first-order chi connectivity index (χ1) is 10.9. The zero-order chi connectivity index (χ0) is 15.0. The van der Waals surface area contributed by atoms with Crippen LogP contribution in [0.15, 0.2) is 60.7 Å². The number of ether oxygens (including phenoxy) is 4. The van der Waals surface area contributed by atoms with Crippen molar-refractivity contribution in [3.05, 3.63) is 71.8 Å². The summed E-state index contributed by atoms with van der Waals surface area (Å²) in [5, 5.41) is 0. The van der Waals surface area contributed by atoms with Crippen LogP contribution in [0.1, 0.15) is 11.1 Å². The molecule has 0 aromatic heterocycles. The van der Waals surface area contributed by atoms with Crippen LogP contribution >= 0.6 is 0 Å². The second-order valence-electron chi connectivity index (χ2n) is 5.12. The lowest BCUT2D eigenvalue weighted by Gasteiger charge is -2.29. The molecule has 1 aliphatic rings. The summed E-state index contributed by atoms with van der Waals surface area (Å²) in [4.78, 5) is 0. The van der Waals surface area contributed by atoms with E-state index in [1.54, 1.807) is 0 Å². The Kier molecular flexibility index (Phi) is 5.56. The number of hydrogen-bond acceptors (Lipinski definition) is 4. The van der Waals surface area contributed by atoms with Gasteiger partial charge in [-0.2, -0.15) is 0 Å². The average molecular weight is 300 g/mol. The van der Waals surface area contributed by atoms with Gasteiger partial charge in [-0.3, -0.25) is 0 Å². The zero-order valence-electron chi connectivity index (χ0n) is 12.4. The smallest absolute Gasteiger partial charge is 0.181 e. The van der Waals surface area contributed by atoms with E-state index < -0.39 is 0 Å². The fourth-order valence-electron chi connectivity index (χ4n) is 2.19. The van der Waals surface area contributed by atoms with Crippen molar-refractivity contribution in [2.24, 2.45) is 0 Å². The quantitative estimate of drug-likeness (QED) is 0.821.